The highest BCUT2D eigenvalue weighted by molar-refractivity contribution is 8.26. The molecule has 1 saturated heterocycles. The zero-order valence-electron chi connectivity index (χ0n) is 14.0. The van der Waals surface area contributed by atoms with Gasteiger partial charge in [0.15, 0.2) is 4.32 Å². The van der Waals surface area contributed by atoms with Gasteiger partial charge in [0.2, 0.25) is 5.91 Å². The maximum absolute atomic E-state index is 12.5. The Morgan fingerprint density at radius 1 is 1.19 bits per heavy atom. The van der Waals surface area contributed by atoms with Gasteiger partial charge in [-0.3, -0.25) is 15.0 Å². The number of carbonyl (C=O) groups is 2. The Balaban J connectivity index is 1.68. The van der Waals surface area contributed by atoms with Crippen molar-refractivity contribution in [2.45, 2.75) is 6.42 Å². The van der Waals surface area contributed by atoms with Crippen molar-refractivity contribution in [2.24, 2.45) is 0 Å². The number of hydrazine groups is 1. The maximum atomic E-state index is 12.5. The number of benzene rings is 2. The number of carbonyl (C=O) groups excluding carboxylic acids is 2. The summed E-state index contributed by atoms with van der Waals surface area (Å²) in [5.41, 5.74) is 4.30. The number of ether oxygens (including phenoxy) is 1. The summed E-state index contributed by atoms with van der Waals surface area (Å²) < 4.78 is 5.42. The molecule has 1 fully saturated rings. The molecule has 0 radical (unpaired) electrons. The predicted octanol–water partition coefficient (Wildman–Crippen LogP) is 3.17. The summed E-state index contributed by atoms with van der Waals surface area (Å²) in [6.07, 6.45) is 1.91. The van der Waals surface area contributed by atoms with Crippen LogP contribution < -0.4 is 10.2 Å². The fourth-order valence-corrected chi connectivity index (χ4v) is 3.54. The number of thioether (sulfide) groups is 1. The lowest BCUT2D eigenvalue weighted by Crippen LogP contribution is -2.45. The number of nitrogens with zero attached hydrogens (tertiary/aromatic N) is 1. The van der Waals surface area contributed by atoms with Crippen LogP contribution >= 0.6 is 24.0 Å². The van der Waals surface area contributed by atoms with Gasteiger partial charge in [-0.05, 0) is 41.6 Å². The van der Waals surface area contributed by atoms with Gasteiger partial charge in [-0.2, -0.15) is 5.01 Å². The van der Waals surface area contributed by atoms with Gasteiger partial charge in [0.05, 0.1) is 18.4 Å². The van der Waals surface area contributed by atoms with Crippen molar-refractivity contribution in [1.29, 1.82) is 0 Å². The molecule has 7 heteroatoms. The fraction of sp³-hybridized carbons (Fsp3) is 0.105. The predicted molar refractivity (Wildman–Crippen MR) is 106 cm³/mol. The molecule has 0 bridgehead atoms. The molecule has 2 aromatic carbocycles. The SMILES string of the molecule is COc1ccc(C=C2SC(=S)N(NC(=O)Cc3ccccc3)C2=O)cc1. The van der Waals surface area contributed by atoms with Crippen LogP contribution in [-0.2, 0) is 16.0 Å². The summed E-state index contributed by atoms with van der Waals surface area (Å²) in [6.45, 7) is 0. The van der Waals surface area contributed by atoms with Crippen molar-refractivity contribution < 1.29 is 14.3 Å². The normalized spacial score (nSPS) is 15.4. The largest absolute Gasteiger partial charge is 0.497 e. The smallest absolute Gasteiger partial charge is 0.285 e. The summed E-state index contributed by atoms with van der Waals surface area (Å²) in [5, 5.41) is 1.13. The Morgan fingerprint density at radius 3 is 2.54 bits per heavy atom. The molecular weight excluding hydrogens is 368 g/mol. The van der Waals surface area contributed by atoms with Crippen LogP contribution in [0.5, 0.6) is 5.75 Å². The molecule has 0 aliphatic carbocycles. The second-order valence-corrected chi connectivity index (χ2v) is 7.16. The Morgan fingerprint density at radius 2 is 1.88 bits per heavy atom. The standard InChI is InChI=1S/C19H16N2O3S2/c1-24-15-9-7-14(8-10-15)11-16-18(23)21(19(25)26-16)20-17(22)12-13-5-3-2-4-6-13/h2-11H,12H2,1H3,(H,20,22). The van der Waals surface area contributed by atoms with Crippen LogP contribution in [0.3, 0.4) is 0 Å². The average Bonchev–Trinajstić information content (AvgIpc) is 2.90. The molecule has 132 valence electrons. The first kappa shape index (κ1) is 18.2. The molecule has 0 unspecified atom stereocenters. The molecule has 0 saturated carbocycles. The van der Waals surface area contributed by atoms with E-state index in [1.165, 1.54) is 0 Å². The molecule has 2 amide bonds. The first-order valence-corrected chi connectivity index (χ1v) is 9.05. The van der Waals surface area contributed by atoms with Gasteiger partial charge in [0.1, 0.15) is 5.75 Å². The molecule has 0 aromatic heterocycles. The molecule has 1 heterocycles. The van der Waals surface area contributed by atoms with Crippen LogP contribution in [0.1, 0.15) is 11.1 Å². The van der Waals surface area contributed by atoms with E-state index in [1.54, 1.807) is 13.2 Å². The minimum Gasteiger partial charge on any atom is -0.497 e. The van der Waals surface area contributed by atoms with Gasteiger partial charge >= 0.3 is 0 Å². The van der Waals surface area contributed by atoms with Crippen LogP contribution in [-0.4, -0.2) is 28.3 Å². The minimum absolute atomic E-state index is 0.176. The molecule has 1 aliphatic rings. The Labute approximate surface area is 161 Å². The van der Waals surface area contributed by atoms with Crippen molar-refractivity contribution in [1.82, 2.24) is 10.4 Å². The molecule has 1 N–H and O–H groups in total. The van der Waals surface area contributed by atoms with E-state index in [4.69, 9.17) is 17.0 Å². The van der Waals surface area contributed by atoms with Crippen LogP contribution in [0, 0.1) is 0 Å². The van der Waals surface area contributed by atoms with Crippen LogP contribution in [0.15, 0.2) is 59.5 Å². The monoisotopic (exact) mass is 384 g/mol. The van der Waals surface area contributed by atoms with E-state index >= 15 is 0 Å². The number of methoxy groups -OCH3 is 1. The van der Waals surface area contributed by atoms with E-state index in [-0.39, 0.29) is 18.2 Å². The summed E-state index contributed by atoms with van der Waals surface area (Å²) in [7, 11) is 1.60. The molecule has 2 aromatic rings. The highest BCUT2D eigenvalue weighted by Crippen LogP contribution is 2.31. The van der Waals surface area contributed by atoms with E-state index in [2.05, 4.69) is 5.43 Å². The van der Waals surface area contributed by atoms with Gasteiger partial charge in [0, 0.05) is 0 Å². The van der Waals surface area contributed by atoms with E-state index in [0.717, 1.165) is 33.6 Å². The molecule has 0 spiro atoms. The molecular formula is C19H16N2O3S2. The number of hydrogen-bond donors (Lipinski definition) is 1. The second-order valence-electron chi connectivity index (χ2n) is 5.49. The number of thiocarbonyl (C=S) groups is 1. The van der Waals surface area contributed by atoms with Gasteiger partial charge in [-0.25, -0.2) is 0 Å². The summed E-state index contributed by atoms with van der Waals surface area (Å²) in [4.78, 5) is 25.2. The topological polar surface area (TPSA) is 58.6 Å². The third-order valence-electron chi connectivity index (χ3n) is 3.65. The lowest BCUT2D eigenvalue weighted by molar-refractivity contribution is -0.132. The van der Waals surface area contributed by atoms with E-state index in [9.17, 15) is 9.59 Å². The highest BCUT2D eigenvalue weighted by Gasteiger charge is 2.33. The van der Waals surface area contributed by atoms with E-state index in [0.29, 0.717) is 9.23 Å². The zero-order chi connectivity index (χ0) is 18.5. The van der Waals surface area contributed by atoms with Crippen molar-refractivity contribution >= 4 is 46.2 Å². The molecule has 26 heavy (non-hydrogen) atoms. The Kier molecular flexibility index (Phi) is 5.70. The molecule has 3 rings (SSSR count). The molecule has 0 atom stereocenters. The van der Waals surface area contributed by atoms with Crippen molar-refractivity contribution in [2.75, 3.05) is 7.11 Å². The number of nitrogens with one attached hydrogen (secondary N) is 1. The lowest BCUT2D eigenvalue weighted by Gasteiger charge is -2.15. The summed E-state index contributed by atoms with van der Waals surface area (Å²) in [5.74, 6) is 0.110. The van der Waals surface area contributed by atoms with Gasteiger partial charge in [-0.15, -0.1) is 0 Å². The molecule has 5 nitrogen and oxygen atoms in total. The van der Waals surface area contributed by atoms with Gasteiger partial charge in [0.25, 0.3) is 5.91 Å². The van der Waals surface area contributed by atoms with Crippen LogP contribution in [0.25, 0.3) is 6.08 Å². The number of rotatable bonds is 5. The number of amides is 2. The zero-order valence-corrected chi connectivity index (χ0v) is 15.6. The first-order valence-electron chi connectivity index (χ1n) is 7.82. The molecule has 1 aliphatic heterocycles. The maximum Gasteiger partial charge on any atom is 0.285 e. The van der Waals surface area contributed by atoms with Crippen molar-refractivity contribution in [3.05, 3.63) is 70.6 Å². The summed E-state index contributed by atoms with van der Waals surface area (Å²) in [6, 6.07) is 16.6. The minimum atomic E-state index is -0.336. The van der Waals surface area contributed by atoms with Crippen LogP contribution in [0.4, 0.5) is 0 Å². The van der Waals surface area contributed by atoms with E-state index < -0.39 is 0 Å². The quantitative estimate of drug-likeness (QED) is 0.634. The lowest BCUT2D eigenvalue weighted by atomic mass is 10.1. The third kappa shape index (κ3) is 4.30. The van der Waals surface area contributed by atoms with Crippen LogP contribution in [0.2, 0.25) is 0 Å². The third-order valence-corrected chi connectivity index (χ3v) is 4.95. The summed E-state index contributed by atoms with van der Waals surface area (Å²) >= 11 is 6.38. The highest BCUT2D eigenvalue weighted by atomic mass is 32.2. The van der Waals surface area contributed by atoms with Crippen molar-refractivity contribution in [3.8, 4) is 5.75 Å². The van der Waals surface area contributed by atoms with E-state index in [1.807, 2.05) is 54.6 Å². The fourth-order valence-electron chi connectivity index (χ4n) is 2.36. The van der Waals surface area contributed by atoms with Gasteiger partial charge in [-0.1, -0.05) is 54.2 Å². The second kappa shape index (κ2) is 8.16. The van der Waals surface area contributed by atoms with Crippen molar-refractivity contribution in [3.63, 3.8) is 0 Å². The Bertz CT molecular complexity index is 864. The first-order chi connectivity index (χ1) is 12.6. The number of hydrogen-bond acceptors (Lipinski definition) is 5. The van der Waals surface area contributed by atoms with Gasteiger partial charge < -0.3 is 4.74 Å². The Hall–Kier alpha value is -2.64. The average molecular weight is 384 g/mol.